The zero-order chi connectivity index (χ0) is 13.7. The molecule has 3 fully saturated rings. The molecule has 2 atom stereocenters. The Bertz CT molecular complexity index is 525. The van der Waals surface area contributed by atoms with E-state index < -0.39 is 5.72 Å². The first-order valence-electron chi connectivity index (χ1n) is 7.29. The number of aliphatic imine (C=N–C) groups is 1. The maximum Gasteiger partial charge on any atom is 0.194 e. The summed E-state index contributed by atoms with van der Waals surface area (Å²) in [6.45, 7) is 4.50. The maximum absolute atomic E-state index is 6.05. The zero-order valence-corrected chi connectivity index (χ0v) is 12.7. The largest absolute Gasteiger partial charge is 0.306 e. The number of aromatic nitrogens is 1. The Kier molecular flexibility index (Phi) is 2.87. The first kappa shape index (κ1) is 12.7. The van der Waals surface area contributed by atoms with E-state index in [0.717, 1.165) is 23.3 Å². The highest BCUT2D eigenvalue weighted by Gasteiger charge is 2.55. The Morgan fingerprint density at radius 2 is 2.30 bits per heavy atom. The molecule has 6 heteroatoms. The molecule has 2 saturated heterocycles. The lowest BCUT2D eigenvalue weighted by Crippen LogP contribution is -2.56. The lowest BCUT2D eigenvalue weighted by atomic mass is 9.65. The number of hydrogen-bond acceptors (Lipinski definition) is 6. The molecule has 1 aliphatic carbocycles. The van der Waals surface area contributed by atoms with Crippen LogP contribution in [0.3, 0.4) is 0 Å². The van der Waals surface area contributed by atoms with Gasteiger partial charge in [-0.1, -0.05) is 6.92 Å². The second kappa shape index (κ2) is 4.51. The van der Waals surface area contributed by atoms with Crippen molar-refractivity contribution in [3.05, 3.63) is 16.6 Å². The quantitative estimate of drug-likeness (QED) is 0.856. The normalized spacial score (nSPS) is 40.7. The van der Waals surface area contributed by atoms with Crippen LogP contribution >= 0.6 is 11.3 Å². The van der Waals surface area contributed by atoms with E-state index in [1.807, 2.05) is 11.6 Å². The first-order chi connectivity index (χ1) is 9.67. The average Bonchev–Trinajstić information content (AvgIpc) is 3.01. The van der Waals surface area contributed by atoms with Gasteiger partial charge in [-0.25, -0.2) is 20.3 Å². The lowest BCUT2D eigenvalue weighted by Gasteiger charge is -2.50. The molecule has 2 bridgehead atoms. The molecule has 1 aromatic heterocycles. The van der Waals surface area contributed by atoms with Crippen LogP contribution in [-0.4, -0.2) is 41.6 Å². The molecule has 20 heavy (non-hydrogen) atoms. The Labute approximate surface area is 123 Å². The van der Waals surface area contributed by atoms with Gasteiger partial charge in [0.2, 0.25) is 0 Å². The average molecular weight is 292 g/mol. The van der Waals surface area contributed by atoms with E-state index in [2.05, 4.69) is 29.3 Å². The third-order valence-electron chi connectivity index (χ3n) is 4.91. The van der Waals surface area contributed by atoms with Gasteiger partial charge in [-0.05, 0) is 25.8 Å². The second-order valence-electron chi connectivity index (χ2n) is 6.41. The van der Waals surface area contributed by atoms with Gasteiger partial charge < -0.3 is 4.90 Å². The highest BCUT2D eigenvalue weighted by Crippen LogP contribution is 2.50. The standard InChI is InChI=1S/C14H20N4OS/c1-9-7-18(2)8-10-5-11(6-10)14(9)16-12(17-19-14)13-15-3-4-20-13/h3-4,9-11H,5-8H2,1-2H3,(H,16,17). The van der Waals surface area contributed by atoms with E-state index >= 15 is 0 Å². The van der Waals surface area contributed by atoms with Gasteiger partial charge in [0.1, 0.15) is 0 Å². The summed E-state index contributed by atoms with van der Waals surface area (Å²) in [5, 5.41) is 2.89. The fourth-order valence-electron chi connectivity index (χ4n) is 3.91. The number of hydrogen-bond donors (Lipinski definition) is 1. The van der Waals surface area contributed by atoms with Crippen molar-refractivity contribution in [1.82, 2.24) is 15.4 Å². The molecule has 108 valence electrons. The molecule has 0 amide bonds. The van der Waals surface area contributed by atoms with Crippen LogP contribution in [0.2, 0.25) is 0 Å². The van der Waals surface area contributed by atoms with Crippen molar-refractivity contribution in [2.75, 3.05) is 20.1 Å². The molecule has 1 aromatic rings. The van der Waals surface area contributed by atoms with Gasteiger partial charge in [0, 0.05) is 36.5 Å². The SMILES string of the molecule is CC1CN(C)CC2CC(C2)C12N=C(c1nccs1)NO2. The highest BCUT2D eigenvalue weighted by atomic mass is 32.1. The van der Waals surface area contributed by atoms with Crippen molar-refractivity contribution in [3.8, 4) is 0 Å². The Morgan fingerprint density at radius 1 is 1.45 bits per heavy atom. The van der Waals surface area contributed by atoms with Gasteiger partial charge in [0.25, 0.3) is 0 Å². The van der Waals surface area contributed by atoms with E-state index in [0.29, 0.717) is 11.8 Å². The van der Waals surface area contributed by atoms with Crippen LogP contribution in [0.1, 0.15) is 24.8 Å². The summed E-state index contributed by atoms with van der Waals surface area (Å²) in [5.74, 6) is 2.54. The smallest absolute Gasteiger partial charge is 0.194 e. The Morgan fingerprint density at radius 3 is 3.05 bits per heavy atom. The predicted octanol–water partition coefficient (Wildman–Crippen LogP) is 1.73. The third kappa shape index (κ3) is 1.82. The Balaban J connectivity index is 1.68. The lowest BCUT2D eigenvalue weighted by molar-refractivity contribution is -0.172. The number of fused-ring (bicyclic) bond motifs is 3. The molecule has 1 spiro atoms. The van der Waals surface area contributed by atoms with Crippen molar-refractivity contribution >= 4 is 17.2 Å². The molecule has 4 aliphatic rings. The summed E-state index contributed by atoms with van der Waals surface area (Å²) in [6, 6.07) is 0. The minimum atomic E-state index is -0.397. The minimum absolute atomic E-state index is 0.378. The zero-order valence-electron chi connectivity index (χ0n) is 11.9. The van der Waals surface area contributed by atoms with Crippen LogP contribution in [0, 0.1) is 17.8 Å². The summed E-state index contributed by atoms with van der Waals surface area (Å²) in [7, 11) is 2.21. The first-order valence-corrected chi connectivity index (χ1v) is 8.17. The van der Waals surface area contributed by atoms with E-state index in [-0.39, 0.29) is 0 Å². The fourth-order valence-corrected chi connectivity index (χ4v) is 4.48. The van der Waals surface area contributed by atoms with E-state index in [1.165, 1.54) is 19.4 Å². The number of amidine groups is 1. The summed E-state index contributed by atoms with van der Waals surface area (Å²) in [5.41, 5.74) is 2.65. The van der Waals surface area contributed by atoms with E-state index in [9.17, 15) is 0 Å². The molecule has 0 radical (unpaired) electrons. The van der Waals surface area contributed by atoms with Crippen molar-refractivity contribution in [1.29, 1.82) is 0 Å². The fraction of sp³-hybridized carbons (Fsp3) is 0.714. The van der Waals surface area contributed by atoms with Crippen LogP contribution in [0.25, 0.3) is 0 Å². The summed E-state index contributed by atoms with van der Waals surface area (Å²) in [4.78, 5) is 17.8. The van der Waals surface area contributed by atoms with Crippen LogP contribution in [0.15, 0.2) is 16.6 Å². The Hall–Kier alpha value is -0.980. The molecular formula is C14H20N4OS. The molecule has 5 nitrogen and oxygen atoms in total. The van der Waals surface area contributed by atoms with E-state index in [1.54, 1.807) is 11.3 Å². The second-order valence-corrected chi connectivity index (χ2v) is 7.30. The maximum atomic E-state index is 6.05. The number of hydroxylamine groups is 1. The van der Waals surface area contributed by atoms with Crippen molar-refractivity contribution < 1.29 is 4.84 Å². The van der Waals surface area contributed by atoms with Crippen molar-refractivity contribution in [2.45, 2.75) is 25.5 Å². The molecule has 4 heterocycles. The van der Waals surface area contributed by atoms with E-state index in [4.69, 9.17) is 9.83 Å². The molecule has 1 saturated carbocycles. The minimum Gasteiger partial charge on any atom is -0.306 e. The third-order valence-corrected chi connectivity index (χ3v) is 5.69. The summed E-state index contributed by atoms with van der Waals surface area (Å²) < 4.78 is 0. The summed E-state index contributed by atoms with van der Waals surface area (Å²) >= 11 is 1.60. The molecule has 2 unspecified atom stereocenters. The molecular weight excluding hydrogens is 272 g/mol. The van der Waals surface area contributed by atoms with Crippen molar-refractivity contribution in [2.24, 2.45) is 22.7 Å². The number of rotatable bonds is 1. The van der Waals surface area contributed by atoms with Crippen LogP contribution in [0.4, 0.5) is 0 Å². The van der Waals surface area contributed by atoms with Gasteiger partial charge in [-0.3, -0.25) is 0 Å². The topological polar surface area (TPSA) is 49.8 Å². The van der Waals surface area contributed by atoms with Gasteiger partial charge >= 0.3 is 0 Å². The monoisotopic (exact) mass is 292 g/mol. The van der Waals surface area contributed by atoms with Gasteiger partial charge in [-0.15, -0.1) is 11.3 Å². The molecule has 5 rings (SSSR count). The molecule has 0 aromatic carbocycles. The highest BCUT2D eigenvalue weighted by molar-refractivity contribution is 7.11. The van der Waals surface area contributed by atoms with Gasteiger partial charge in [0.05, 0.1) is 0 Å². The number of thiazole rings is 1. The number of nitrogens with zero attached hydrogens (tertiary/aromatic N) is 3. The van der Waals surface area contributed by atoms with Crippen molar-refractivity contribution in [3.63, 3.8) is 0 Å². The van der Waals surface area contributed by atoms with Gasteiger partial charge in [-0.2, -0.15) is 0 Å². The summed E-state index contributed by atoms with van der Waals surface area (Å²) in [6.07, 6.45) is 4.26. The van der Waals surface area contributed by atoms with Gasteiger partial charge in [0.15, 0.2) is 16.6 Å². The van der Waals surface area contributed by atoms with Crippen LogP contribution in [0.5, 0.6) is 0 Å². The number of nitrogens with one attached hydrogen (secondary N) is 1. The van der Waals surface area contributed by atoms with Crippen LogP contribution in [-0.2, 0) is 4.84 Å². The molecule has 3 aliphatic heterocycles. The van der Waals surface area contributed by atoms with Crippen LogP contribution < -0.4 is 5.48 Å². The molecule has 1 N–H and O–H groups in total. The predicted molar refractivity (Wildman–Crippen MR) is 78.5 cm³/mol.